The van der Waals surface area contributed by atoms with E-state index in [1.54, 1.807) is 12.1 Å². The number of hydrogen-bond donors (Lipinski definition) is 3. The van der Waals surface area contributed by atoms with Crippen LogP contribution in [0.4, 0.5) is 17.2 Å². The van der Waals surface area contributed by atoms with Crippen LogP contribution in [0.15, 0.2) is 42.7 Å². The molecule has 8 heteroatoms. The summed E-state index contributed by atoms with van der Waals surface area (Å²) in [7, 11) is 0. The van der Waals surface area contributed by atoms with Crippen LogP contribution in [-0.2, 0) is 0 Å². The van der Waals surface area contributed by atoms with Crippen LogP contribution >= 0.6 is 0 Å². The number of nitrogens with one attached hydrogen (secondary N) is 2. The van der Waals surface area contributed by atoms with Crippen molar-refractivity contribution in [1.82, 2.24) is 15.0 Å². The van der Waals surface area contributed by atoms with Crippen LogP contribution in [0.5, 0.6) is 5.75 Å². The summed E-state index contributed by atoms with van der Waals surface area (Å²) in [6.45, 7) is 3.05. The first-order valence-corrected chi connectivity index (χ1v) is 8.42. The lowest BCUT2D eigenvalue weighted by Crippen LogP contribution is -2.20. The number of pyridine rings is 3. The molecule has 0 bridgehead atoms. The molecule has 3 aromatic rings. The van der Waals surface area contributed by atoms with Crippen LogP contribution in [0, 0.1) is 6.92 Å². The van der Waals surface area contributed by atoms with Gasteiger partial charge in [-0.15, -0.1) is 0 Å². The predicted molar refractivity (Wildman–Crippen MR) is 101 cm³/mol. The van der Waals surface area contributed by atoms with Gasteiger partial charge in [-0.3, -0.25) is 9.97 Å². The topological polar surface area (TPSA) is 109 Å². The summed E-state index contributed by atoms with van der Waals surface area (Å²) in [6.07, 6.45) is 2.84. The Bertz CT molecular complexity index is 1020. The van der Waals surface area contributed by atoms with E-state index in [1.165, 1.54) is 12.4 Å². The van der Waals surface area contributed by atoms with Gasteiger partial charge in [0.1, 0.15) is 12.2 Å². The molecule has 136 valence electrons. The average molecular weight is 363 g/mol. The lowest BCUT2D eigenvalue weighted by atomic mass is 10.1. The van der Waals surface area contributed by atoms with E-state index < -0.39 is 5.97 Å². The highest BCUT2D eigenvalue weighted by atomic mass is 16.5. The maximum Gasteiger partial charge on any atom is 0.339 e. The van der Waals surface area contributed by atoms with Gasteiger partial charge in [-0.25, -0.2) is 9.78 Å². The molecular weight excluding hydrogens is 346 g/mol. The van der Waals surface area contributed by atoms with Crippen molar-refractivity contribution in [1.29, 1.82) is 0 Å². The molecule has 4 heterocycles. The van der Waals surface area contributed by atoms with E-state index in [0.717, 1.165) is 11.4 Å². The number of carboxylic acids is 1. The lowest BCUT2D eigenvalue weighted by Gasteiger charge is -2.23. The van der Waals surface area contributed by atoms with Crippen LogP contribution in [-0.4, -0.2) is 39.2 Å². The SMILES string of the molecule is Cc1cccc(-c2cc(Nc3ccncc3C(=O)O)c3c(n2)NCCO3)n1. The maximum absolute atomic E-state index is 11.5. The van der Waals surface area contributed by atoms with Gasteiger partial charge in [-0.05, 0) is 31.2 Å². The number of fused-ring (bicyclic) bond motifs is 1. The third-order valence-electron chi connectivity index (χ3n) is 4.09. The van der Waals surface area contributed by atoms with Crippen molar-refractivity contribution in [2.75, 3.05) is 23.8 Å². The normalized spacial score (nSPS) is 12.5. The number of aromatic carboxylic acids is 1. The quantitative estimate of drug-likeness (QED) is 0.649. The molecule has 4 rings (SSSR count). The number of aromatic nitrogens is 3. The molecule has 27 heavy (non-hydrogen) atoms. The summed E-state index contributed by atoms with van der Waals surface area (Å²) in [5.74, 6) is 0.0782. The van der Waals surface area contributed by atoms with E-state index in [1.807, 2.05) is 25.1 Å². The van der Waals surface area contributed by atoms with Gasteiger partial charge in [0.2, 0.25) is 0 Å². The van der Waals surface area contributed by atoms with Crippen molar-refractivity contribution < 1.29 is 14.6 Å². The number of carboxylic acid groups (broad SMARTS) is 1. The molecule has 0 amide bonds. The molecular formula is C19H17N5O3. The Kier molecular flexibility index (Phi) is 4.29. The van der Waals surface area contributed by atoms with E-state index in [2.05, 4.69) is 25.6 Å². The molecule has 0 spiro atoms. The Morgan fingerprint density at radius 1 is 1.22 bits per heavy atom. The number of anilines is 3. The second-order valence-electron chi connectivity index (χ2n) is 6.02. The van der Waals surface area contributed by atoms with Gasteiger partial charge in [-0.1, -0.05) is 6.07 Å². The Labute approximate surface area is 155 Å². The van der Waals surface area contributed by atoms with Crippen molar-refractivity contribution >= 4 is 23.2 Å². The molecule has 0 unspecified atom stereocenters. The standard InChI is InChI=1S/C19H17N5O3/c1-11-3-2-4-14(22-11)15-9-16(17-18(24-15)21-7-8-27-17)23-13-5-6-20-10-12(13)19(25)26/h2-6,9-10H,7-8H2,1H3,(H,25,26)(H2,20,21,23,24). The van der Waals surface area contributed by atoms with Crippen molar-refractivity contribution in [3.05, 3.63) is 54.0 Å². The Hall–Kier alpha value is -3.68. The minimum atomic E-state index is -1.06. The molecule has 0 atom stereocenters. The molecule has 0 saturated carbocycles. The van der Waals surface area contributed by atoms with Gasteiger partial charge in [-0.2, -0.15) is 0 Å². The lowest BCUT2D eigenvalue weighted by molar-refractivity contribution is 0.0697. The van der Waals surface area contributed by atoms with E-state index in [4.69, 9.17) is 4.74 Å². The van der Waals surface area contributed by atoms with Gasteiger partial charge < -0.3 is 20.5 Å². The molecule has 3 N–H and O–H groups in total. The monoisotopic (exact) mass is 363 g/mol. The van der Waals surface area contributed by atoms with Crippen molar-refractivity contribution in [3.8, 4) is 17.1 Å². The number of ether oxygens (including phenoxy) is 1. The average Bonchev–Trinajstić information content (AvgIpc) is 2.68. The third kappa shape index (κ3) is 3.37. The zero-order chi connectivity index (χ0) is 18.8. The van der Waals surface area contributed by atoms with E-state index in [-0.39, 0.29) is 5.56 Å². The second kappa shape index (κ2) is 6.91. The van der Waals surface area contributed by atoms with Gasteiger partial charge in [0.25, 0.3) is 0 Å². The molecule has 3 aromatic heterocycles. The number of aryl methyl sites for hydroxylation is 1. The first-order valence-electron chi connectivity index (χ1n) is 8.42. The van der Waals surface area contributed by atoms with Crippen LogP contribution in [0.25, 0.3) is 11.4 Å². The Balaban J connectivity index is 1.82. The Morgan fingerprint density at radius 2 is 2.11 bits per heavy atom. The van der Waals surface area contributed by atoms with E-state index >= 15 is 0 Å². The molecule has 1 aliphatic heterocycles. The molecule has 0 radical (unpaired) electrons. The summed E-state index contributed by atoms with van der Waals surface area (Å²) in [6, 6.07) is 9.13. The molecule has 0 fully saturated rings. The largest absolute Gasteiger partial charge is 0.486 e. The van der Waals surface area contributed by atoms with Gasteiger partial charge in [0.05, 0.1) is 29.3 Å². The first-order chi connectivity index (χ1) is 13.1. The number of carbonyl (C=O) groups is 1. The summed E-state index contributed by atoms with van der Waals surface area (Å²) >= 11 is 0. The second-order valence-corrected chi connectivity index (χ2v) is 6.02. The highest BCUT2D eigenvalue weighted by molar-refractivity contribution is 5.95. The fourth-order valence-corrected chi connectivity index (χ4v) is 2.85. The van der Waals surface area contributed by atoms with Crippen molar-refractivity contribution in [2.45, 2.75) is 6.92 Å². The van der Waals surface area contributed by atoms with E-state index in [0.29, 0.717) is 41.8 Å². The van der Waals surface area contributed by atoms with Crippen LogP contribution in [0.2, 0.25) is 0 Å². The highest BCUT2D eigenvalue weighted by Gasteiger charge is 2.20. The number of nitrogens with zero attached hydrogens (tertiary/aromatic N) is 3. The van der Waals surface area contributed by atoms with Crippen molar-refractivity contribution in [2.24, 2.45) is 0 Å². The zero-order valence-corrected chi connectivity index (χ0v) is 14.6. The predicted octanol–water partition coefficient (Wildman–Crippen LogP) is 3.09. The summed E-state index contributed by atoms with van der Waals surface area (Å²) in [5, 5.41) is 15.8. The number of hydrogen-bond acceptors (Lipinski definition) is 7. The molecule has 0 aliphatic carbocycles. The first kappa shape index (κ1) is 16.8. The fourth-order valence-electron chi connectivity index (χ4n) is 2.85. The minimum Gasteiger partial charge on any atom is -0.486 e. The van der Waals surface area contributed by atoms with Crippen molar-refractivity contribution in [3.63, 3.8) is 0 Å². The minimum absolute atomic E-state index is 0.0714. The highest BCUT2D eigenvalue weighted by Crippen LogP contribution is 2.39. The summed E-state index contributed by atoms with van der Waals surface area (Å²) in [5.41, 5.74) is 3.36. The third-order valence-corrected chi connectivity index (χ3v) is 4.09. The van der Waals surface area contributed by atoms with Gasteiger partial charge in [0.15, 0.2) is 11.6 Å². The van der Waals surface area contributed by atoms with Gasteiger partial charge in [0, 0.05) is 18.1 Å². The number of rotatable bonds is 4. The van der Waals surface area contributed by atoms with Gasteiger partial charge >= 0.3 is 5.97 Å². The van der Waals surface area contributed by atoms with Crippen LogP contribution < -0.4 is 15.4 Å². The molecule has 0 aromatic carbocycles. The van der Waals surface area contributed by atoms with Crippen LogP contribution in [0.3, 0.4) is 0 Å². The molecule has 0 saturated heterocycles. The maximum atomic E-state index is 11.5. The molecule has 8 nitrogen and oxygen atoms in total. The zero-order valence-electron chi connectivity index (χ0n) is 14.6. The Morgan fingerprint density at radius 3 is 2.93 bits per heavy atom. The fraction of sp³-hybridized carbons (Fsp3) is 0.158. The smallest absolute Gasteiger partial charge is 0.339 e. The molecule has 1 aliphatic rings. The summed E-state index contributed by atoms with van der Waals surface area (Å²) in [4.78, 5) is 24.5. The van der Waals surface area contributed by atoms with Crippen LogP contribution in [0.1, 0.15) is 16.1 Å². The van der Waals surface area contributed by atoms with E-state index in [9.17, 15) is 9.90 Å². The summed E-state index contributed by atoms with van der Waals surface area (Å²) < 4.78 is 5.77.